The van der Waals surface area contributed by atoms with E-state index in [0.717, 1.165) is 4.68 Å². The van der Waals surface area contributed by atoms with E-state index in [1.807, 2.05) is 0 Å². The normalized spacial score (nSPS) is 9.70. The number of hydrogen-bond donors (Lipinski definition) is 2. The van der Waals surface area contributed by atoms with Crippen LogP contribution < -0.4 is 5.73 Å². The van der Waals surface area contributed by atoms with Crippen LogP contribution in [0.15, 0.2) is 6.07 Å². The highest BCUT2D eigenvalue weighted by Crippen LogP contribution is 2.03. The van der Waals surface area contributed by atoms with Gasteiger partial charge in [-0.1, -0.05) is 0 Å². The van der Waals surface area contributed by atoms with Gasteiger partial charge in [-0.05, 0) is 6.92 Å². The van der Waals surface area contributed by atoms with Crippen molar-refractivity contribution in [3.8, 4) is 0 Å². The van der Waals surface area contributed by atoms with Crippen molar-refractivity contribution in [2.24, 2.45) is 0 Å². The summed E-state index contributed by atoms with van der Waals surface area (Å²) >= 11 is 0. The van der Waals surface area contributed by atoms with Crippen LogP contribution in [0.25, 0.3) is 0 Å². The van der Waals surface area contributed by atoms with E-state index in [-0.39, 0.29) is 5.82 Å². The molecule has 10 heavy (non-hydrogen) atoms. The molecule has 1 aromatic heterocycles. The van der Waals surface area contributed by atoms with E-state index in [0.29, 0.717) is 5.69 Å². The van der Waals surface area contributed by atoms with Gasteiger partial charge < -0.3 is 10.8 Å². The Kier molecular flexibility index (Phi) is 1.33. The minimum absolute atomic E-state index is 0.144. The number of nitrogen functional groups attached to an aromatic ring is 1. The highest BCUT2D eigenvalue weighted by Gasteiger charge is 2.06. The fraction of sp³-hybridized carbons (Fsp3) is 0.200. The van der Waals surface area contributed by atoms with Gasteiger partial charge in [-0.25, -0.2) is 4.79 Å². The number of aryl methyl sites for hydroxylation is 1. The molecule has 0 aromatic carbocycles. The lowest BCUT2D eigenvalue weighted by Gasteiger charge is -1.92. The number of carboxylic acid groups (broad SMARTS) is 1. The predicted molar refractivity (Wildman–Crippen MR) is 34.8 cm³/mol. The van der Waals surface area contributed by atoms with Crippen molar-refractivity contribution >= 4 is 11.9 Å². The molecule has 5 heteroatoms. The van der Waals surface area contributed by atoms with Crippen molar-refractivity contribution in [2.45, 2.75) is 6.92 Å². The molecule has 0 aliphatic carbocycles. The number of carbonyl (C=O) groups is 1. The molecule has 0 bridgehead atoms. The number of aromatic nitrogens is 2. The van der Waals surface area contributed by atoms with Crippen LogP contribution in [-0.2, 0) is 0 Å². The molecule has 0 spiro atoms. The van der Waals surface area contributed by atoms with Crippen LogP contribution in [0.3, 0.4) is 0 Å². The topological polar surface area (TPSA) is 81.1 Å². The molecule has 0 fully saturated rings. The second kappa shape index (κ2) is 2.02. The lowest BCUT2D eigenvalue weighted by atomic mass is 10.5. The lowest BCUT2D eigenvalue weighted by Crippen LogP contribution is -2.12. The second-order valence-corrected chi connectivity index (χ2v) is 1.90. The van der Waals surface area contributed by atoms with Gasteiger partial charge in [-0.3, -0.25) is 0 Å². The van der Waals surface area contributed by atoms with Crippen molar-refractivity contribution in [2.75, 3.05) is 5.73 Å². The number of hydrogen-bond acceptors (Lipinski definition) is 3. The third kappa shape index (κ3) is 0.928. The molecular weight excluding hydrogens is 134 g/mol. The van der Waals surface area contributed by atoms with Crippen LogP contribution in [0.1, 0.15) is 5.69 Å². The summed E-state index contributed by atoms with van der Waals surface area (Å²) in [6, 6.07) is 1.49. The summed E-state index contributed by atoms with van der Waals surface area (Å²) in [4.78, 5) is 10.3. The molecular formula is C5H7N3O2. The Morgan fingerprint density at radius 1 is 1.90 bits per heavy atom. The molecule has 1 aromatic rings. The largest absolute Gasteiger partial charge is 0.463 e. The molecule has 0 aliphatic heterocycles. The van der Waals surface area contributed by atoms with Crippen LogP contribution in [0.2, 0.25) is 0 Å². The Hall–Kier alpha value is -1.52. The maximum Gasteiger partial charge on any atom is 0.434 e. The highest BCUT2D eigenvalue weighted by atomic mass is 16.4. The van der Waals surface area contributed by atoms with Crippen molar-refractivity contribution in [3.63, 3.8) is 0 Å². The van der Waals surface area contributed by atoms with Gasteiger partial charge in [0.15, 0.2) is 0 Å². The number of anilines is 1. The molecule has 5 nitrogen and oxygen atoms in total. The van der Waals surface area contributed by atoms with Gasteiger partial charge in [0.05, 0.1) is 5.69 Å². The summed E-state index contributed by atoms with van der Waals surface area (Å²) in [5, 5.41) is 12.0. The number of nitrogens with two attached hydrogens (primary N) is 1. The van der Waals surface area contributed by atoms with Crippen LogP contribution in [0.4, 0.5) is 10.6 Å². The Morgan fingerprint density at radius 2 is 2.50 bits per heavy atom. The first kappa shape index (κ1) is 6.60. The summed E-state index contributed by atoms with van der Waals surface area (Å²) in [6.45, 7) is 1.68. The smallest absolute Gasteiger partial charge is 0.434 e. The van der Waals surface area contributed by atoms with Gasteiger partial charge >= 0.3 is 6.09 Å². The SMILES string of the molecule is Cc1cc(N)n(C(=O)O)n1. The molecule has 0 amide bonds. The summed E-state index contributed by atoms with van der Waals surface area (Å²) in [6.07, 6.45) is -1.16. The quantitative estimate of drug-likeness (QED) is 0.544. The zero-order chi connectivity index (χ0) is 7.72. The fourth-order valence-electron chi connectivity index (χ4n) is 0.673. The fourth-order valence-corrected chi connectivity index (χ4v) is 0.673. The van der Waals surface area contributed by atoms with Crippen LogP contribution in [0, 0.1) is 6.92 Å². The van der Waals surface area contributed by atoms with Gasteiger partial charge in [0.25, 0.3) is 0 Å². The summed E-state index contributed by atoms with van der Waals surface area (Å²) in [5.41, 5.74) is 5.86. The van der Waals surface area contributed by atoms with Gasteiger partial charge in [-0.2, -0.15) is 5.10 Å². The summed E-state index contributed by atoms with van der Waals surface area (Å²) in [5.74, 6) is 0.144. The van der Waals surface area contributed by atoms with Crippen molar-refractivity contribution < 1.29 is 9.90 Å². The van der Waals surface area contributed by atoms with Crippen LogP contribution in [-0.4, -0.2) is 21.0 Å². The first-order valence-electron chi connectivity index (χ1n) is 2.66. The zero-order valence-corrected chi connectivity index (χ0v) is 5.40. The second-order valence-electron chi connectivity index (χ2n) is 1.90. The van der Waals surface area contributed by atoms with Crippen molar-refractivity contribution in [3.05, 3.63) is 11.8 Å². The summed E-state index contributed by atoms with van der Waals surface area (Å²) in [7, 11) is 0. The van der Waals surface area contributed by atoms with E-state index in [4.69, 9.17) is 10.8 Å². The Labute approximate surface area is 57.1 Å². The Bertz CT molecular complexity index is 266. The van der Waals surface area contributed by atoms with Crippen LogP contribution >= 0.6 is 0 Å². The van der Waals surface area contributed by atoms with Gasteiger partial charge in [0, 0.05) is 6.07 Å². The molecule has 54 valence electrons. The van der Waals surface area contributed by atoms with Gasteiger partial charge in [0.2, 0.25) is 0 Å². The molecule has 0 saturated carbocycles. The molecule has 1 heterocycles. The van der Waals surface area contributed by atoms with E-state index >= 15 is 0 Å². The zero-order valence-electron chi connectivity index (χ0n) is 5.40. The van der Waals surface area contributed by atoms with Crippen molar-refractivity contribution in [1.82, 2.24) is 9.78 Å². The predicted octanol–water partition coefficient (Wildman–Crippen LogP) is 0.300. The molecule has 0 aliphatic rings. The maximum absolute atomic E-state index is 10.3. The van der Waals surface area contributed by atoms with E-state index < -0.39 is 6.09 Å². The van der Waals surface area contributed by atoms with E-state index in [2.05, 4.69) is 5.10 Å². The summed E-state index contributed by atoms with van der Waals surface area (Å²) < 4.78 is 0.731. The minimum atomic E-state index is -1.16. The molecule has 1 rings (SSSR count). The third-order valence-corrected chi connectivity index (χ3v) is 1.04. The Balaban J connectivity index is 3.15. The molecule has 3 N–H and O–H groups in total. The average molecular weight is 141 g/mol. The third-order valence-electron chi connectivity index (χ3n) is 1.04. The Morgan fingerprint density at radius 3 is 2.70 bits per heavy atom. The lowest BCUT2D eigenvalue weighted by molar-refractivity contribution is 0.193. The molecule has 0 atom stereocenters. The van der Waals surface area contributed by atoms with E-state index in [1.165, 1.54) is 6.07 Å². The average Bonchev–Trinajstić information content (AvgIpc) is 2.10. The van der Waals surface area contributed by atoms with Crippen molar-refractivity contribution in [1.29, 1.82) is 0 Å². The molecule has 0 unspecified atom stereocenters. The highest BCUT2D eigenvalue weighted by molar-refractivity contribution is 5.71. The first-order valence-corrected chi connectivity index (χ1v) is 2.66. The first-order chi connectivity index (χ1) is 4.61. The van der Waals surface area contributed by atoms with Crippen LogP contribution in [0.5, 0.6) is 0 Å². The maximum atomic E-state index is 10.3. The van der Waals surface area contributed by atoms with E-state index in [9.17, 15) is 4.79 Å². The molecule has 0 radical (unpaired) electrons. The molecule has 0 saturated heterocycles. The number of rotatable bonds is 0. The van der Waals surface area contributed by atoms with Gasteiger partial charge in [0.1, 0.15) is 5.82 Å². The standard InChI is InChI=1S/C5H7N3O2/c1-3-2-4(6)8(7-3)5(9)10/h2H,6H2,1H3,(H,9,10). The number of nitrogens with zero attached hydrogens (tertiary/aromatic N) is 2. The monoisotopic (exact) mass is 141 g/mol. The van der Waals surface area contributed by atoms with E-state index in [1.54, 1.807) is 6.92 Å². The van der Waals surface area contributed by atoms with Gasteiger partial charge in [-0.15, -0.1) is 4.68 Å². The minimum Gasteiger partial charge on any atom is -0.463 e.